The van der Waals surface area contributed by atoms with Crippen LogP contribution in [0.4, 0.5) is 0 Å². The molecular formula is C18H22O3. The first-order valence-electron chi connectivity index (χ1n) is 7.12. The Morgan fingerprint density at radius 3 is 2.38 bits per heavy atom. The van der Waals surface area contributed by atoms with E-state index in [0.717, 1.165) is 23.3 Å². The van der Waals surface area contributed by atoms with Gasteiger partial charge in [0.25, 0.3) is 0 Å². The minimum atomic E-state index is -0.474. The third kappa shape index (κ3) is 4.31. The molecule has 0 saturated heterocycles. The lowest BCUT2D eigenvalue weighted by Gasteiger charge is -2.15. The molecule has 0 bridgehead atoms. The van der Waals surface area contributed by atoms with Gasteiger partial charge in [0, 0.05) is 7.11 Å². The first kappa shape index (κ1) is 15.5. The van der Waals surface area contributed by atoms with Gasteiger partial charge >= 0.3 is 0 Å². The van der Waals surface area contributed by atoms with Crippen LogP contribution in [0.2, 0.25) is 0 Å². The highest BCUT2D eigenvalue weighted by Crippen LogP contribution is 2.23. The largest absolute Gasteiger partial charge is 0.497 e. The minimum absolute atomic E-state index is 0.474. The van der Waals surface area contributed by atoms with Crippen LogP contribution < -0.4 is 4.74 Å². The molecule has 2 aromatic carbocycles. The van der Waals surface area contributed by atoms with Crippen LogP contribution in [0.15, 0.2) is 48.5 Å². The molecule has 1 N–H and O–H groups in total. The third-order valence-corrected chi connectivity index (χ3v) is 3.58. The molecule has 0 spiro atoms. The number of aliphatic hydroxyl groups excluding tert-OH is 1. The van der Waals surface area contributed by atoms with Crippen LogP contribution in [0.1, 0.15) is 29.2 Å². The SMILES string of the molecule is COCc1ccccc1C(O)CCc1ccc(OC)cc1. The van der Waals surface area contributed by atoms with Gasteiger partial charge in [-0.2, -0.15) is 0 Å². The van der Waals surface area contributed by atoms with Gasteiger partial charge in [-0.25, -0.2) is 0 Å². The van der Waals surface area contributed by atoms with Gasteiger partial charge in [0.1, 0.15) is 5.75 Å². The number of ether oxygens (including phenoxy) is 2. The van der Waals surface area contributed by atoms with Crippen molar-refractivity contribution in [3.63, 3.8) is 0 Å². The van der Waals surface area contributed by atoms with Crippen LogP contribution in [0.25, 0.3) is 0 Å². The van der Waals surface area contributed by atoms with E-state index in [4.69, 9.17) is 9.47 Å². The smallest absolute Gasteiger partial charge is 0.118 e. The van der Waals surface area contributed by atoms with Crippen molar-refractivity contribution < 1.29 is 14.6 Å². The summed E-state index contributed by atoms with van der Waals surface area (Å²) < 4.78 is 10.3. The molecule has 0 aromatic heterocycles. The first-order valence-corrected chi connectivity index (χ1v) is 7.12. The van der Waals surface area contributed by atoms with Crippen LogP contribution in [-0.2, 0) is 17.8 Å². The van der Waals surface area contributed by atoms with Gasteiger partial charge in [-0.15, -0.1) is 0 Å². The molecule has 3 heteroatoms. The summed E-state index contributed by atoms with van der Waals surface area (Å²) in [6.45, 7) is 0.524. The second kappa shape index (κ2) is 7.81. The van der Waals surface area contributed by atoms with Crippen molar-refractivity contribution in [2.24, 2.45) is 0 Å². The monoisotopic (exact) mass is 286 g/mol. The van der Waals surface area contributed by atoms with Gasteiger partial charge < -0.3 is 14.6 Å². The van der Waals surface area contributed by atoms with Crippen LogP contribution in [0.3, 0.4) is 0 Å². The molecular weight excluding hydrogens is 264 g/mol. The van der Waals surface area contributed by atoms with Crippen molar-refractivity contribution >= 4 is 0 Å². The van der Waals surface area contributed by atoms with E-state index in [-0.39, 0.29) is 0 Å². The molecule has 3 nitrogen and oxygen atoms in total. The van der Waals surface area contributed by atoms with Crippen LogP contribution in [0, 0.1) is 0 Å². The van der Waals surface area contributed by atoms with Gasteiger partial charge in [0.15, 0.2) is 0 Å². The van der Waals surface area contributed by atoms with Crippen LogP contribution in [0.5, 0.6) is 5.75 Å². The Labute approximate surface area is 126 Å². The number of methoxy groups -OCH3 is 2. The summed E-state index contributed by atoms with van der Waals surface area (Å²) in [5, 5.41) is 10.4. The highest BCUT2D eigenvalue weighted by Gasteiger charge is 2.12. The quantitative estimate of drug-likeness (QED) is 0.846. The Morgan fingerprint density at radius 1 is 1.00 bits per heavy atom. The lowest BCUT2D eigenvalue weighted by molar-refractivity contribution is 0.155. The van der Waals surface area contributed by atoms with Crippen LogP contribution in [-0.4, -0.2) is 19.3 Å². The molecule has 0 radical (unpaired) electrons. The molecule has 0 aliphatic heterocycles. The third-order valence-electron chi connectivity index (χ3n) is 3.58. The minimum Gasteiger partial charge on any atom is -0.497 e. The highest BCUT2D eigenvalue weighted by molar-refractivity contribution is 5.30. The molecule has 0 aliphatic rings. The van der Waals surface area contributed by atoms with E-state index in [1.807, 2.05) is 48.5 Å². The number of aliphatic hydroxyl groups is 1. The zero-order valence-corrected chi connectivity index (χ0v) is 12.6. The highest BCUT2D eigenvalue weighted by atomic mass is 16.5. The Bertz CT molecular complexity index is 549. The molecule has 112 valence electrons. The number of rotatable bonds is 7. The van der Waals surface area contributed by atoms with Crippen molar-refractivity contribution in [2.75, 3.05) is 14.2 Å². The Morgan fingerprint density at radius 2 is 1.71 bits per heavy atom. The standard InChI is InChI=1S/C18H22O3/c1-20-13-15-5-3-4-6-17(15)18(19)12-9-14-7-10-16(21-2)11-8-14/h3-8,10-11,18-19H,9,12-13H2,1-2H3. The van der Waals surface area contributed by atoms with E-state index in [2.05, 4.69) is 0 Å². The van der Waals surface area contributed by atoms with Crippen molar-refractivity contribution in [2.45, 2.75) is 25.6 Å². The topological polar surface area (TPSA) is 38.7 Å². The van der Waals surface area contributed by atoms with Gasteiger partial charge in [0.05, 0.1) is 19.8 Å². The van der Waals surface area contributed by atoms with Gasteiger partial charge in [-0.05, 0) is 41.7 Å². The fourth-order valence-electron chi connectivity index (χ4n) is 2.40. The number of benzene rings is 2. The van der Waals surface area contributed by atoms with Gasteiger partial charge in [-0.1, -0.05) is 36.4 Å². The Hall–Kier alpha value is -1.84. The van der Waals surface area contributed by atoms with Crippen molar-refractivity contribution in [3.8, 4) is 5.75 Å². The molecule has 0 amide bonds. The summed E-state index contributed by atoms with van der Waals surface area (Å²) in [6, 6.07) is 15.8. The molecule has 0 heterocycles. The fourth-order valence-corrected chi connectivity index (χ4v) is 2.40. The maximum absolute atomic E-state index is 10.4. The van der Waals surface area contributed by atoms with E-state index in [1.165, 1.54) is 5.56 Å². The lowest BCUT2D eigenvalue weighted by atomic mass is 9.97. The molecule has 1 atom stereocenters. The zero-order valence-electron chi connectivity index (χ0n) is 12.6. The van der Waals surface area contributed by atoms with Gasteiger partial charge in [-0.3, -0.25) is 0 Å². The number of hydrogen-bond acceptors (Lipinski definition) is 3. The van der Waals surface area contributed by atoms with E-state index in [1.54, 1.807) is 14.2 Å². The van der Waals surface area contributed by atoms with Gasteiger partial charge in [0.2, 0.25) is 0 Å². The number of hydrogen-bond donors (Lipinski definition) is 1. The molecule has 2 aromatic rings. The van der Waals surface area contributed by atoms with E-state index < -0.39 is 6.10 Å². The first-order chi connectivity index (χ1) is 10.2. The van der Waals surface area contributed by atoms with E-state index >= 15 is 0 Å². The number of aryl methyl sites for hydroxylation is 1. The predicted molar refractivity (Wildman–Crippen MR) is 83.4 cm³/mol. The molecule has 0 saturated carbocycles. The second-order valence-corrected chi connectivity index (χ2v) is 5.03. The summed E-state index contributed by atoms with van der Waals surface area (Å²) in [5.74, 6) is 0.852. The van der Waals surface area contributed by atoms with Crippen molar-refractivity contribution in [1.29, 1.82) is 0 Å². The summed E-state index contributed by atoms with van der Waals surface area (Å²) in [4.78, 5) is 0. The predicted octanol–water partition coefficient (Wildman–Crippen LogP) is 3.51. The Balaban J connectivity index is 1.99. The average Bonchev–Trinajstić information content (AvgIpc) is 2.54. The molecule has 2 rings (SSSR count). The van der Waals surface area contributed by atoms with Crippen molar-refractivity contribution in [1.82, 2.24) is 0 Å². The van der Waals surface area contributed by atoms with E-state index in [9.17, 15) is 5.11 Å². The summed E-state index contributed by atoms with van der Waals surface area (Å²) in [7, 11) is 3.33. The average molecular weight is 286 g/mol. The molecule has 21 heavy (non-hydrogen) atoms. The van der Waals surface area contributed by atoms with Crippen LogP contribution >= 0.6 is 0 Å². The Kier molecular flexibility index (Phi) is 5.78. The fraction of sp³-hybridized carbons (Fsp3) is 0.333. The summed E-state index contributed by atoms with van der Waals surface area (Å²) in [6.07, 6.45) is 1.04. The lowest BCUT2D eigenvalue weighted by Crippen LogP contribution is -2.04. The summed E-state index contributed by atoms with van der Waals surface area (Å²) in [5.41, 5.74) is 3.19. The van der Waals surface area contributed by atoms with Crippen molar-refractivity contribution in [3.05, 3.63) is 65.2 Å². The maximum atomic E-state index is 10.4. The zero-order chi connectivity index (χ0) is 15.1. The summed E-state index contributed by atoms with van der Waals surface area (Å²) >= 11 is 0. The van der Waals surface area contributed by atoms with E-state index in [0.29, 0.717) is 13.0 Å². The molecule has 0 fully saturated rings. The molecule has 0 aliphatic carbocycles. The molecule has 1 unspecified atom stereocenters. The maximum Gasteiger partial charge on any atom is 0.118 e. The second-order valence-electron chi connectivity index (χ2n) is 5.03. The normalized spacial score (nSPS) is 12.1.